The molecule has 1 aliphatic rings. The van der Waals surface area contributed by atoms with Gasteiger partial charge in [0.15, 0.2) is 0 Å². The second-order valence-corrected chi connectivity index (χ2v) is 8.01. The summed E-state index contributed by atoms with van der Waals surface area (Å²) in [6, 6.07) is 5.83. The van der Waals surface area contributed by atoms with Crippen molar-refractivity contribution < 1.29 is 14.3 Å². The molecule has 2 rings (SSSR count). The van der Waals surface area contributed by atoms with E-state index >= 15 is 0 Å². The molecule has 1 amide bonds. The molecule has 1 aromatic carbocycles. The Balaban J connectivity index is 2.08. The number of nitrogens with one attached hydrogen (secondary N) is 1. The minimum Gasteiger partial charge on any atom is -0.489 e. The molecule has 1 saturated heterocycles. The van der Waals surface area contributed by atoms with Crippen molar-refractivity contribution in [2.45, 2.75) is 53.5 Å². The minimum absolute atomic E-state index is 0.0901. The van der Waals surface area contributed by atoms with Gasteiger partial charge in [-0.15, -0.1) is 0 Å². The highest BCUT2D eigenvalue weighted by Gasteiger charge is 2.23. The van der Waals surface area contributed by atoms with Crippen molar-refractivity contribution in [1.82, 2.24) is 10.2 Å². The van der Waals surface area contributed by atoms with Gasteiger partial charge in [-0.2, -0.15) is 0 Å². The SMILES string of the molecule is CCN1CCCC1CNC(=O)c1cc(OCC=C(C)C)cc(OCC=C(C)C)c1. The molecule has 1 unspecified atom stereocenters. The fraction of sp³-hybridized carbons (Fsp3) is 0.542. The molecule has 1 heterocycles. The molecule has 1 N–H and O–H groups in total. The van der Waals surface area contributed by atoms with Crippen molar-refractivity contribution in [1.29, 1.82) is 0 Å². The van der Waals surface area contributed by atoms with Crippen LogP contribution in [0.2, 0.25) is 0 Å². The Morgan fingerprint density at radius 1 is 1.07 bits per heavy atom. The van der Waals surface area contributed by atoms with Crippen molar-refractivity contribution in [3.8, 4) is 11.5 Å². The lowest BCUT2D eigenvalue weighted by molar-refractivity contribution is 0.0940. The van der Waals surface area contributed by atoms with Gasteiger partial charge in [-0.1, -0.05) is 18.1 Å². The average molecular weight is 401 g/mol. The summed E-state index contributed by atoms with van der Waals surface area (Å²) in [5.74, 6) is 1.18. The van der Waals surface area contributed by atoms with Gasteiger partial charge in [0.05, 0.1) is 0 Å². The first-order valence-electron chi connectivity index (χ1n) is 10.6. The third-order valence-corrected chi connectivity index (χ3v) is 5.03. The van der Waals surface area contributed by atoms with Crippen LogP contribution in [-0.4, -0.2) is 49.7 Å². The van der Waals surface area contributed by atoms with Gasteiger partial charge in [0.25, 0.3) is 5.91 Å². The predicted octanol–water partition coefficient (Wildman–Crippen LogP) is 4.59. The van der Waals surface area contributed by atoms with E-state index in [1.54, 1.807) is 12.1 Å². The molecule has 0 spiro atoms. The maximum atomic E-state index is 12.8. The number of allylic oxidation sites excluding steroid dienone is 2. The first kappa shape index (κ1) is 23.0. The molecule has 1 aromatic rings. The van der Waals surface area contributed by atoms with Gasteiger partial charge in [0.2, 0.25) is 0 Å². The molecule has 1 fully saturated rings. The van der Waals surface area contributed by atoms with Crippen LogP contribution in [-0.2, 0) is 0 Å². The molecule has 0 saturated carbocycles. The molecule has 5 heteroatoms. The largest absolute Gasteiger partial charge is 0.489 e. The van der Waals surface area contributed by atoms with Crippen molar-refractivity contribution in [2.24, 2.45) is 0 Å². The Morgan fingerprint density at radius 2 is 1.66 bits per heavy atom. The van der Waals surface area contributed by atoms with E-state index in [0.29, 0.717) is 42.9 Å². The van der Waals surface area contributed by atoms with Crippen LogP contribution in [0.15, 0.2) is 41.5 Å². The molecular formula is C24H36N2O3. The number of rotatable bonds is 10. The fourth-order valence-corrected chi connectivity index (χ4v) is 3.33. The smallest absolute Gasteiger partial charge is 0.251 e. The third-order valence-electron chi connectivity index (χ3n) is 5.03. The molecule has 1 aliphatic heterocycles. The van der Waals surface area contributed by atoms with Crippen LogP contribution >= 0.6 is 0 Å². The number of likely N-dealkylation sites (N-methyl/N-ethyl adjacent to an activating group) is 1. The number of benzene rings is 1. The summed E-state index contributed by atoms with van der Waals surface area (Å²) in [6.07, 6.45) is 6.35. The summed E-state index contributed by atoms with van der Waals surface area (Å²) in [4.78, 5) is 15.2. The maximum absolute atomic E-state index is 12.8. The molecule has 0 aliphatic carbocycles. The highest BCUT2D eigenvalue weighted by atomic mass is 16.5. The minimum atomic E-state index is -0.0901. The highest BCUT2D eigenvalue weighted by molar-refractivity contribution is 5.95. The van der Waals surface area contributed by atoms with Crippen LogP contribution in [0, 0.1) is 0 Å². The topological polar surface area (TPSA) is 50.8 Å². The number of carbonyl (C=O) groups excluding carboxylic acids is 1. The Morgan fingerprint density at radius 3 is 2.17 bits per heavy atom. The molecule has 0 radical (unpaired) electrons. The molecule has 29 heavy (non-hydrogen) atoms. The number of hydrogen-bond acceptors (Lipinski definition) is 4. The Hall–Kier alpha value is -2.27. The quantitative estimate of drug-likeness (QED) is 0.584. The van der Waals surface area contributed by atoms with Crippen LogP contribution in [0.5, 0.6) is 11.5 Å². The van der Waals surface area contributed by atoms with Crippen LogP contribution in [0.4, 0.5) is 0 Å². The monoisotopic (exact) mass is 400 g/mol. The fourth-order valence-electron chi connectivity index (χ4n) is 3.33. The molecule has 0 bridgehead atoms. The lowest BCUT2D eigenvalue weighted by atomic mass is 10.1. The van der Waals surface area contributed by atoms with E-state index in [-0.39, 0.29) is 5.91 Å². The zero-order valence-electron chi connectivity index (χ0n) is 18.6. The van der Waals surface area contributed by atoms with Gasteiger partial charge in [0, 0.05) is 24.2 Å². The number of hydrogen-bond donors (Lipinski definition) is 1. The summed E-state index contributed by atoms with van der Waals surface area (Å²) >= 11 is 0. The first-order chi connectivity index (χ1) is 13.9. The number of carbonyl (C=O) groups is 1. The van der Waals surface area contributed by atoms with Gasteiger partial charge in [-0.25, -0.2) is 0 Å². The summed E-state index contributed by atoms with van der Waals surface area (Å²) < 4.78 is 11.7. The van der Waals surface area contributed by atoms with Gasteiger partial charge < -0.3 is 14.8 Å². The lowest BCUT2D eigenvalue weighted by Crippen LogP contribution is -2.40. The van der Waals surface area contributed by atoms with E-state index in [2.05, 4.69) is 17.1 Å². The zero-order valence-corrected chi connectivity index (χ0v) is 18.6. The zero-order chi connectivity index (χ0) is 21.2. The number of amides is 1. The normalized spacial score (nSPS) is 16.2. The maximum Gasteiger partial charge on any atom is 0.251 e. The van der Waals surface area contributed by atoms with E-state index in [0.717, 1.165) is 19.5 Å². The summed E-state index contributed by atoms with van der Waals surface area (Å²) in [6.45, 7) is 14.0. The van der Waals surface area contributed by atoms with Crippen molar-refractivity contribution in [3.05, 3.63) is 47.1 Å². The third kappa shape index (κ3) is 7.94. The van der Waals surface area contributed by atoms with Gasteiger partial charge in [-0.3, -0.25) is 9.69 Å². The highest BCUT2D eigenvalue weighted by Crippen LogP contribution is 2.24. The van der Waals surface area contributed by atoms with Gasteiger partial charge in [-0.05, 0) is 77.9 Å². The second-order valence-electron chi connectivity index (χ2n) is 8.01. The van der Waals surface area contributed by atoms with E-state index in [9.17, 15) is 4.79 Å². The summed E-state index contributed by atoms with van der Waals surface area (Å²) in [5, 5.41) is 3.09. The molecule has 5 nitrogen and oxygen atoms in total. The van der Waals surface area contributed by atoms with Gasteiger partial charge in [0.1, 0.15) is 24.7 Å². The number of ether oxygens (including phenoxy) is 2. The van der Waals surface area contributed by atoms with Crippen LogP contribution < -0.4 is 14.8 Å². The van der Waals surface area contributed by atoms with E-state index in [1.165, 1.54) is 17.6 Å². The molecule has 0 aromatic heterocycles. The van der Waals surface area contributed by atoms with Gasteiger partial charge >= 0.3 is 0 Å². The lowest BCUT2D eigenvalue weighted by Gasteiger charge is -2.23. The first-order valence-corrected chi connectivity index (χ1v) is 10.6. The summed E-state index contributed by atoms with van der Waals surface area (Å²) in [5.41, 5.74) is 2.94. The van der Waals surface area contributed by atoms with Crippen molar-refractivity contribution in [2.75, 3.05) is 32.8 Å². The Kier molecular flexibility index (Phi) is 9.26. The second kappa shape index (κ2) is 11.7. The van der Waals surface area contributed by atoms with Crippen LogP contribution in [0.3, 0.4) is 0 Å². The van der Waals surface area contributed by atoms with E-state index < -0.39 is 0 Å². The predicted molar refractivity (Wildman–Crippen MR) is 119 cm³/mol. The molecule has 1 atom stereocenters. The van der Waals surface area contributed by atoms with E-state index in [4.69, 9.17) is 9.47 Å². The standard InChI is InChI=1S/C24H36N2O3/c1-6-26-11-7-8-21(26)17-25-24(27)20-14-22(28-12-9-18(2)3)16-23(15-20)29-13-10-19(4)5/h9-10,14-16,21H,6-8,11-13,17H2,1-5H3,(H,25,27). The number of likely N-dealkylation sites (tertiary alicyclic amines) is 1. The average Bonchev–Trinajstić information content (AvgIpc) is 3.13. The van der Waals surface area contributed by atoms with Crippen LogP contribution in [0.1, 0.15) is 57.8 Å². The van der Waals surface area contributed by atoms with Crippen LogP contribution in [0.25, 0.3) is 0 Å². The van der Waals surface area contributed by atoms with Crippen molar-refractivity contribution >= 4 is 5.91 Å². The van der Waals surface area contributed by atoms with Crippen molar-refractivity contribution in [3.63, 3.8) is 0 Å². The molecule has 160 valence electrons. The number of nitrogens with zero attached hydrogens (tertiary/aromatic N) is 1. The Bertz CT molecular complexity index is 691. The Labute approximate surface area is 175 Å². The summed E-state index contributed by atoms with van der Waals surface area (Å²) in [7, 11) is 0. The van der Waals surface area contributed by atoms with E-state index in [1.807, 2.05) is 45.9 Å². The molecular weight excluding hydrogens is 364 g/mol.